The number of fused-ring (bicyclic) bond motifs is 2. The minimum atomic E-state index is -2.38. The van der Waals surface area contributed by atoms with E-state index in [4.69, 9.17) is 76.8 Å². The van der Waals surface area contributed by atoms with Crippen molar-refractivity contribution in [3.63, 3.8) is 0 Å². The van der Waals surface area contributed by atoms with Crippen molar-refractivity contribution in [3.05, 3.63) is 85.1 Å². The molecular formula is C78H130N6O32. The molecule has 3 heterocycles. The molecule has 3 aliphatic heterocycles. The molecule has 2 bridgehead atoms. The van der Waals surface area contributed by atoms with Crippen LogP contribution in [-0.2, 0) is 105 Å². The van der Waals surface area contributed by atoms with Crippen LogP contribution >= 0.6 is 0 Å². The summed E-state index contributed by atoms with van der Waals surface area (Å²) in [5.74, 6) is -8.49. The van der Waals surface area contributed by atoms with E-state index in [1.54, 1.807) is 92.8 Å². The minimum Gasteiger partial charge on any atom is -0.469 e. The third-order valence-corrected chi connectivity index (χ3v) is 18.0. The molecule has 0 aromatic rings. The van der Waals surface area contributed by atoms with E-state index < -0.39 is 165 Å². The van der Waals surface area contributed by atoms with E-state index >= 15 is 0 Å². The molecule has 0 aromatic carbocycles. The molecule has 38 heteroatoms. The number of nitrogens with two attached hydrogens (primary N) is 1. The van der Waals surface area contributed by atoms with Gasteiger partial charge in [0.25, 0.3) is 0 Å². The van der Waals surface area contributed by atoms with Crippen molar-refractivity contribution in [1.82, 2.24) is 26.6 Å². The predicted octanol–water partition coefficient (Wildman–Crippen LogP) is -3.45. The highest BCUT2D eigenvalue weighted by Gasteiger charge is 2.52. The van der Waals surface area contributed by atoms with Crippen molar-refractivity contribution in [2.75, 3.05) is 172 Å². The zero-order valence-electron chi connectivity index (χ0n) is 67.3. The number of hydrogen-bond donors (Lipinski definition) is 16. The number of carbonyl (C=O) groups excluding carboxylic acids is 7. The number of amides is 5. The molecule has 3 rings (SSSR count). The van der Waals surface area contributed by atoms with Gasteiger partial charge in [-0.15, -0.1) is 0 Å². The molecule has 664 valence electrons. The first kappa shape index (κ1) is 104. The molecule has 0 saturated carbocycles. The predicted molar refractivity (Wildman–Crippen MR) is 415 cm³/mol. The second-order valence-electron chi connectivity index (χ2n) is 27.8. The van der Waals surface area contributed by atoms with Crippen LogP contribution in [-0.4, -0.2) is 362 Å². The van der Waals surface area contributed by atoms with Gasteiger partial charge in [0.05, 0.1) is 180 Å². The summed E-state index contributed by atoms with van der Waals surface area (Å²) in [5, 5.41) is 125. The summed E-state index contributed by atoms with van der Waals surface area (Å²) in [6, 6.07) is -1.40. The monoisotopic (exact) mass is 1660 g/mol. The van der Waals surface area contributed by atoms with E-state index in [0.717, 1.165) is 7.11 Å². The Bertz CT molecular complexity index is 2950. The number of hydrogen-bond acceptors (Lipinski definition) is 33. The highest BCUT2D eigenvalue weighted by Crippen LogP contribution is 2.39. The first-order valence-corrected chi connectivity index (χ1v) is 39.3. The summed E-state index contributed by atoms with van der Waals surface area (Å²) in [6.45, 7) is 9.45. The molecule has 2 fully saturated rings. The van der Waals surface area contributed by atoms with E-state index in [9.17, 15) is 84.6 Å². The maximum atomic E-state index is 13.4. The number of aliphatic hydroxyl groups excluding tert-OH is 9. The first-order valence-electron chi connectivity index (χ1n) is 39.3. The van der Waals surface area contributed by atoms with Crippen LogP contribution in [0.3, 0.4) is 0 Å². The van der Waals surface area contributed by atoms with Gasteiger partial charge in [-0.3, -0.25) is 33.6 Å². The smallest absolute Gasteiger partial charge is 0.313 e. The van der Waals surface area contributed by atoms with Gasteiger partial charge in [0.1, 0.15) is 57.3 Å². The Morgan fingerprint density at radius 1 is 0.466 bits per heavy atom. The normalized spacial score (nSPS) is 30.4. The number of carbonyl (C=O) groups is 7. The Labute approximate surface area is 678 Å². The van der Waals surface area contributed by atoms with Crippen molar-refractivity contribution >= 4 is 41.5 Å². The molecule has 0 unspecified atom stereocenters. The number of allylic oxidation sites excluding steroid dienone is 12. The third-order valence-electron chi connectivity index (χ3n) is 18.0. The summed E-state index contributed by atoms with van der Waals surface area (Å²) >= 11 is 0. The van der Waals surface area contributed by atoms with Crippen LogP contribution in [0.5, 0.6) is 0 Å². The highest BCUT2D eigenvalue weighted by atomic mass is 16.7. The number of aliphatic hydroxyl groups is 10. The molecule has 5 amide bonds. The van der Waals surface area contributed by atoms with Gasteiger partial charge in [0.15, 0.2) is 12.1 Å². The minimum absolute atomic E-state index is 0.0164. The Morgan fingerprint density at radius 3 is 1.35 bits per heavy atom. The van der Waals surface area contributed by atoms with Gasteiger partial charge in [-0.25, -0.2) is 0 Å². The average Bonchev–Trinajstić information content (AvgIpc) is 0.784. The van der Waals surface area contributed by atoms with E-state index in [1.807, 2.05) is 6.92 Å². The molecule has 0 aromatic heterocycles. The summed E-state index contributed by atoms with van der Waals surface area (Å²) in [4.78, 5) is 87.5. The molecule has 17 N–H and O–H groups in total. The number of cyclic esters (lactones) is 1. The SMILES string of the molecule is COC(=O)[C@H]1[C@@H]2C[C@@H](O[C@@H]3O[C@H](C)[C@@H](O)[C@H](NC(=O)COCCOCCNC(=O)COCCOCCNC(=O)COCCOCCNC(=O)COCCOCCNC(=O)COCCOCCN)[C@@H]3O)/C=C/C=C/C=C/C=C/C=C/C=C/C=C/[C@H](C)[C@@H](O)[C@H](C)[C@@H](C)OC(=O)C[C@H](O)C[C@H](O)CC[C@@H](O)[C@H](O)C[C@H](O)C[C@](O)(C[C@@H]1O)O2. The van der Waals surface area contributed by atoms with E-state index in [0.29, 0.717) is 26.3 Å². The summed E-state index contributed by atoms with van der Waals surface area (Å²) in [5.41, 5.74) is 5.32. The molecule has 19 atom stereocenters. The Kier molecular flexibility index (Phi) is 56.0. The fourth-order valence-corrected chi connectivity index (χ4v) is 11.7. The first-order chi connectivity index (χ1) is 55.7. The highest BCUT2D eigenvalue weighted by molar-refractivity contribution is 5.79. The van der Waals surface area contributed by atoms with Gasteiger partial charge in [-0.05, 0) is 33.1 Å². The Hall–Kier alpha value is -6.49. The van der Waals surface area contributed by atoms with Gasteiger partial charge >= 0.3 is 11.9 Å². The maximum Gasteiger partial charge on any atom is 0.313 e. The maximum absolute atomic E-state index is 13.4. The van der Waals surface area contributed by atoms with Crippen LogP contribution in [0.1, 0.15) is 79.1 Å². The molecule has 116 heavy (non-hydrogen) atoms. The molecule has 2 saturated heterocycles. The van der Waals surface area contributed by atoms with Gasteiger partial charge in [0, 0.05) is 70.2 Å². The van der Waals surface area contributed by atoms with Gasteiger partial charge in [-0.1, -0.05) is 98.9 Å². The quantitative estimate of drug-likeness (QED) is 0.0208. The second kappa shape index (κ2) is 62.6. The Morgan fingerprint density at radius 2 is 0.897 bits per heavy atom. The fourth-order valence-electron chi connectivity index (χ4n) is 11.7. The van der Waals surface area contributed by atoms with Gasteiger partial charge in [0.2, 0.25) is 29.5 Å². The van der Waals surface area contributed by atoms with Crippen molar-refractivity contribution in [3.8, 4) is 0 Å². The third kappa shape index (κ3) is 47.3. The van der Waals surface area contributed by atoms with Gasteiger partial charge < -0.3 is 154 Å². The molecule has 0 spiro atoms. The Balaban J connectivity index is 1.42. The standard InChI is InChI=1S/C78H130N6O32/c1-53-18-16-14-12-10-8-6-7-9-11-13-15-17-19-60(45-64-71(76(100)102-5)63(90)47-78(101,116-64)46-59(87)43-62(89)61(88)21-20-57(85)42-58(86)44-70(96)113-55(3)54(2)73(53)97)115-77-75(99)72(74(98)56(4)114-77)84-69(95)52-112-41-36-107-31-26-83-68(94)51-111-40-35-106-30-25-82-67(93)50-110-39-34-105-29-24-81-66(92)49-109-38-33-104-28-23-80-65(91)48-108-37-32-103-27-22-79/h6-19,53-64,71-75,77,85-90,97-99,101H,20-52,79H2,1-5H3,(H,80,91)(H,81,92)(H,82,93)(H,83,94)(H,84,95)/b7-6+,10-8+,11-9+,14-12+,15-13+,18-16+,19-17+/t53-,54+,55+,56+,57+,58+,59-,60-,61+,62+,63-,64-,71+,72-,73+,74+,75-,77-,78+/m0/s1. The largest absolute Gasteiger partial charge is 0.469 e. The average molecular weight is 1660 g/mol. The molecule has 0 aliphatic carbocycles. The lowest BCUT2D eigenvalue weighted by molar-refractivity contribution is -0.309. The van der Waals surface area contributed by atoms with Crippen LogP contribution in [0.15, 0.2) is 85.1 Å². The number of methoxy groups -OCH3 is 1. The lowest BCUT2D eigenvalue weighted by Gasteiger charge is -2.45. The van der Waals surface area contributed by atoms with Gasteiger partial charge in [-0.2, -0.15) is 0 Å². The van der Waals surface area contributed by atoms with Crippen molar-refractivity contribution in [1.29, 1.82) is 0 Å². The van der Waals surface area contributed by atoms with E-state index in [2.05, 4.69) is 26.6 Å². The zero-order chi connectivity index (χ0) is 85.3. The van der Waals surface area contributed by atoms with Crippen LogP contribution in [0, 0.1) is 17.8 Å². The number of ether oxygens (including phenoxy) is 15. The van der Waals surface area contributed by atoms with Crippen molar-refractivity contribution in [2.45, 2.75) is 177 Å². The summed E-state index contributed by atoms with van der Waals surface area (Å²) < 4.78 is 82.4. The summed E-state index contributed by atoms with van der Waals surface area (Å²) in [7, 11) is 1.08. The number of rotatable bonds is 43. The topological polar surface area (TPSA) is 546 Å². The van der Waals surface area contributed by atoms with Crippen LogP contribution in [0.4, 0.5) is 0 Å². The zero-order valence-corrected chi connectivity index (χ0v) is 67.3. The van der Waals surface area contributed by atoms with E-state index in [-0.39, 0.29) is 181 Å². The van der Waals surface area contributed by atoms with E-state index in [1.165, 1.54) is 13.0 Å². The van der Waals surface area contributed by atoms with Crippen molar-refractivity contribution in [2.24, 2.45) is 23.5 Å². The number of nitrogens with one attached hydrogen (secondary N) is 5. The molecule has 3 aliphatic rings. The van der Waals surface area contributed by atoms with Crippen LogP contribution in [0.2, 0.25) is 0 Å². The summed E-state index contributed by atoms with van der Waals surface area (Å²) in [6.07, 6.45) is 1.57. The van der Waals surface area contributed by atoms with Crippen LogP contribution < -0.4 is 32.3 Å². The molecule has 38 nitrogen and oxygen atoms in total. The molecular weight excluding hydrogens is 1530 g/mol. The van der Waals surface area contributed by atoms with Crippen molar-refractivity contribution < 1.29 is 156 Å². The fraction of sp³-hybridized carbons (Fsp3) is 0.731. The number of esters is 2. The molecule has 0 radical (unpaired) electrons. The second-order valence-corrected chi connectivity index (χ2v) is 27.8. The lowest BCUT2D eigenvalue weighted by atomic mass is 9.82. The van der Waals surface area contributed by atoms with Crippen LogP contribution in [0.25, 0.3) is 0 Å². The lowest BCUT2D eigenvalue weighted by Crippen LogP contribution is -2.64.